The number of nitrogens with one attached hydrogen (secondary N) is 1. The van der Waals surface area contributed by atoms with E-state index in [1.54, 1.807) is 29.1 Å². The zero-order valence-corrected chi connectivity index (χ0v) is 15.3. The predicted molar refractivity (Wildman–Crippen MR) is 100 cm³/mol. The summed E-state index contributed by atoms with van der Waals surface area (Å²) in [5.41, 5.74) is 2.82. The summed E-state index contributed by atoms with van der Waals surface area (Å²) in [5.74, 6) is -0.477. The van der Waals surface area contributed by atoms with Gasteiger partial charge >= 0.3 is 0 Å². The van der Waals surface area contributed by atoms with Gasteiger partial charge in [-0.25, -0.2) is 9.07 Å². The number of amides is 1. The highest BCUT2D eigenvalue weighted by Crippen LogP contribution is 2.23. The van der Waals surface area contributed by atoms with Gasteiger partial charge in [0.15, 0.2) is 0 Å². The van der Waals surface area contributed by atoms with Crippen molar-refractivity contribution in [3.05, 3.63) is 82.4 Å². The Morgan fingerprint density at radius 1 is 1.19 bits per heavy atom. The Morgan fingerprint density at radius 3 is 2.54 bits per heavy atom. The van der Waals surface area contributed by atoms with Crippen molar-refractivity contribution in [1.82, 2.24) is 15.1 Å². The molecule has 1 aromatic heterocycles. The smallest absolute Gasteiger partial charge is 0.255 e. The van der Waals surface area contributed by atoms with E-state index in [4.69, 9.17) is 11.6 Å². The molecule has 0 atom stereocenters. The zero-order valence-electron chi connectivity index (χ0n) is 14.5. The van der Waals surface area contributed by atoms with Crippen molar-refractivity contribution in [2.24, 2.45) is 0 Å². The molecule has 1 heterocycles. The minimum atomic E-state index is -0.315. The first-order valence-corrected chi connectivity index (χ1v) is 8.70. The fraction of sp³-hybridized carbons (Fsp3) is 0.200. The Labute approximate surface area is 156 Å². The number of carbonyl (C=O) groups is 1. The molecule has 1 amide bonds. The van der Waals surface area contributed by atoms with E-state index in [1.807, 2.05) is 32.0 Å². The van der Waals surface area contributed by atoms with E-state index in [-0.39, 0.29) is 17.6 Å². The van der Waals surface area contributed by atoms with Crippen LogP contribution in [-0.2, 0) is 6.54 Å². The molecule has 0 spiro atoms. The molecule has 134 valence electrons. The SMILES string of the molecule is CC(C)c1c(C(=O)NCc2ccccc2Cl)cnn1-c1ccc(F)cc1. The van der Waals surface area contributed by atoms with Crippen LogP contribution in [0, 0.1) is 5.82 Å². The van der Waals surface area contributed by atoms with Gasteiger partial charge in [0, 0.05) is 11.6 Å². The van der Waals surface area contributed by atoms with Gasteiger partial charge in [0.25, 0.3) is 5.91 Å². The van der Waals surface area contributed by atoms with Gasteiger partial charge in [-0.1, -0.05) is 43.6 Å². The maximum Gasteiger partial charge on any atom is 0.255 e. The van der Waals surface area contributed by atoms with Crippen molar-refractivity contribution in [1.29, 1.82) is 0 Å². The molecule has 3 rings (SSSR count). The summed E-state index contributed by atoms with van der Waals surface area (Å²) in [7, 11) is 0. The molecule has 0 saturated heterocycles. The molecule has 0 radical (unpaired) electrons. The second kappa shape index (κ2) is 7.70. The van der Waals surface area contributed by atoms with Gasteiger partial charge in [0.2, 0.25) is 0 Å². The lowest BCUT2D eigenvalue weighted by Gasteiger charge is -2.13. The molecule has 0 saturated carbocycles. The average Bonchev–Trinajstić information content (AvgIpc) is 3.07. The number of carbonyl (C=O) groups excluding carboxylic acids is 1. The summed E-state index contributed by atoms with van der Waals surface area (Å²) in [5, 5.41) is 7.84. The van der Waals surface area contributed by atoms with Crippen LogP contribution in [0.15, 0.2) is 54.7 Å². The number of rotatable bonds is 5. The summed E-state index contributed by atoms with van der Waals surface area (Å²) in [4.78, 5) is 12.7. The number of hydrogen-bond acceptors (Lipinski definition) is 2. The van der Waals surface area contributed by atoms with E-state index in [2.05, 4.69) is 10.4 Å². The number of aromatic nitrogens is 2. The van der Waals surface area contributed by atoms with Crippen LogP contribution in [0.1, 0.15) is 41.4 Å². The van der Waals surface area contributed by atoms with Crippen molar-refractivity contribution in [2.45, 2.75) is 26.3 Å². The molecule has 0 bridgehead atoms. The van der Waals surface area contributed by atoms with Gasteiger partial charge in [0.1, 0.15) is 5.82 Å². The van der Waals surface area contributed by atoms with Crippen molar-refractivity contribution < 1.29 is 9.18 Å². The molecule has 0 aliphatic heterocycles. The number of halogens is 2. The zero-order chi connectivity index (χ0) is 18.7. The van der Waals surface area contributed by atoms with Crippen LogP contribution < -0.4 is 5.32 Å². The second-order valence-electron chi connectivity index (χ2n) is 6.26. The Hall–Kier alpha value is -2.66. The van der Waals surface area contributed by atoms with Crippen molar-refractivity contribution >= 4 is 17.5 Å². The van der Waals surface area contributed by atoms with Gasteiger partial charge < -0.3 is 5.32 Å². The Bertz CT molecular complexity index is 919. The van der Waals surface area contributed by atoms with Crippen LogP contribution in [-0.4, -0.2) is 15.7 Å². The van der Waals surface area contributed by atoms with Crippen molar-refractivity contribution in [3.8, 4) is 5.69 Å². The lowest BCUT2D eigenvalue weighted by atomic mass is 10.0. The monoisotopic (exact) mass is 371 g/mol. The van der Waals surface area contributed by atoms with Crippen molar-refractivity contribution in [3.63, 3.8) is 0 Å². The second-order valence-corrected chi connectivity index (χ2v) is 6.67. The van der Waals surface area contributed by atoms with Gasteiger partial charge in [-0.15, -0.1) is 0 Å². The van der Waals surface area contributed by atoms with Crippen LogP contribution in [0.5, 0.6) is 0 Å². The number of benzene rings is 2. The molecule has 0 unspecified atom stereocenters. The lowest BCUT2D eigenvalue weighted by molar-refractivity contribution is 0.0949. The van der Waals surface area contributed by atoms with E-state index in [9.17, 15) is 9.18 Å². The molecule has 1 N–H and O–H groups in total. The first kappa shape index (κ1) is 18.1. The molecular weight excluding hydrogens is 353 g/mol. The fourth-order valence-electron chi connectivity index (χ4n) is 2.79. The standard InChI is InChI=1S/C20H19ClFN3O/c1-13(2)19-17(12-24-25(19)16-9-7-15(22)8-10-16)20(26)23-11-14-5-3-4-6-18(14)21/h3-10,12-13H,11H2,1-2H3,(H,23,26). The molecular formula is C20H19ClFN3O. The van der Waals surface area contributed by atoms with Crippen LogP contribution in [0.4, 0.5) is 4.39 Å². The minimum absolute atomic E-state index is 0.0589. The summed E-state index contributed by atoms with van der Waals surface area (Å²) in [6.45, 7) is 4.31. The van der Waals surface area contributed by atoms with Gasteiger partial charge in [0.05, 0.1) is 23.1 Å². The van der Waals surface area contributed by atoms with Crippen molar-refractivity contribution in [2.75, 3.05) is 0 Å². The van der Waals surface area contributed by atoms with Gasteiger partial charge in [-0.2, -0.15) is 5.10 Å². The maximum atomic E-state index is 13.2. The Morgan fingerprint density at radius 2 is 1.88 bits per heavy atom. The largest absolute Gasteiger partial charge is 0.348 e. The third kappa shape index (κ3) is 3.78. The molecule has 0 aliphatic carbocycles. The van der Waals surface area contributed by atoms with Gasteiger partial charge in [-0.05, 0) is 41.8 Å². The van der Waals surface area contributed by atoms with E-state index < -0.39 is 0 Å². The van der Waals surface area contributed by atoms with Crippen LogP contribution >= 0.6 is 11.6 Å². The first-order valence-electron chi connectivity index (χ1n) is 8.33. The van der Waals surface area contributed by atoms with E-state index in [1.165, 1.54) is 12.1 Å². The molecule has 26 heavy (non-hydrogen) atoms. The molecule has 3 aromatic rings. The molecule has 0 aliphatic rings. The Balaban J connectivity index is 1.86. The highest BCUT2D eigenvalue weighted by Gasteiger charge is 2.21. The van der Waals surface area contributed by atoms with Crippen LogP contribution in [0.2, 0.25) is 5.02 Å². The fourth-order valence-corrected chi connectivity index (χ4v) is 2.99. The summed E-state index contributed by atoms with van der Waals surface area (Å²) < 4.78 is 14.9. The topological polar surface area (TPSA) is 46.9 Å². The maximum absolute atomic E-state index is 13.2. The van der Waals surface area contributed by atoms with Crippen LogP contribution in [0.25, 0.3) is 5.69 Å². The van der Waals surface area contributed by atoms with Crippen LogP contribution in [0.3, 0.4) is 0 Å². The van der Waals surface area contributed by atoms with Gasteiger partial charge in [-0.3, -0.25) is 4.79 Å². The summed E-state index contributed by atoms with van der Waals surface area (Å²) in [6, 6.07) is 13.4. The average molecular weight is 372 g/mol. The van der Waals surface area contributed by atoms with E-state index in [0.29, 0.717) is 22.8 Å². The third-order valence-electron chi connectivity index (χ3n) is 4.07. The lowest BCUT2D eigenvalue weighted by Crippen LogP contribution is -2.24. The first-order chi connectivity index (χ1) is 12.5. The quantitative estimate of drug-likeness (QED) is 0.705. The highest BCUT2D eigenvalue weighted by atomic mass is 35.5. The highest BCUT2D eigenvalue weighted by molar-refractivity contribution is 6.31. The predicted octanol–water partition coefficient (Wildman–Crippen LogP) is 4.72. The molecule has 2 aromatic carbocycles. The molecule has 6 heteroatoms. The molecule has 4 nitrogen and oxygen atoms in total. The van der Waals surface area contributed by atoms with E-state index >= 15 is 0 Å². The number of hydrogen-bond donors (Lipinski definition) is 1. The summed E-state index contributed by atoms with van der Waals surface area (Å²) in [6.07, 6.45) is 1.54. The normalized spacial score (nSPS) is 11.0. The third-order valence-corrected chi connectivity index (χ3v) is 4.44. The minimum Gasteiger partial charge on any atom is -0.348 e. The van der Waals surface area contributed by atoms with E-state index in [0.717, 1.165) is 11.3 Å². The number of nitrogens with zero attached hydrogens (tertiary/aromatic N) is 2. The summed E-state index contributed by atoms with van der Waals surface area (Å²) >= 11 is 6.13. The Kier molecular flexibility index (Phi) is 5.38. The molecule has 0 fully saturated rings.